The van der Waals surface area contributed by atoms with Crippen molar-refractivity contribution >= 4 is 0 Å². The summed E-state index contributed by atoms with van der Waals surface area (Å²) in [4.78, 5) is 2.52. The molecule has 0 saturated carbocycles. The summed E-state index contributed by atoms with van der Waals surface area (Å²) in [6.45, 7) is 5.61. The summed E-state index contributed by atoms with van der Waals surface area (Å²) in [7, 11) is 4.95. The number of methoxy groups -OCH3 is 3. The minimum Gasteiger partial charge on any atom is -0.493 e. The first-order valence-corrected chi connectivity index (χ1v) is 7.47. The number of ether oxygens (including phenoxy) is 3. The van der Waals surface area contributed by atoms with Crippen LogP contribution >= 0.6 is 0 Å². The second-order valence-corrected chi connectivity index (χ2v) is 5.91. The van der Waals surface area contributed by atoms with Gasteiger partial charge in [0.1, 0.15) is 0 Å². The van der Waals surface area contributed by atoms with Gasteiger partial charge in [-0.2, -0.15) is 0 Å². The van der Waals surface area contributed by atoms with Gasteiger partial charge >= 0.3 is 0 Å². The average Bonchev–Trinajstić information content (AvgIpc) is 3.07. The maximum atomic E-state index is 5.42. The summed E-state index contributed by atoms with van der Waals surface area (Å²) in [6.07, 6.45) is 0. The van der Waals surface area contributed by atoms with Crippen LogP contribution in [0.3, 0.4) is 0 Å². The summed E-state index contributed by atoms with van der Waals surface area (Å²) in [5, 5.41) is 3.48. The van der Waals surface area contributed by atoms with Gasteiger partial charge in [0.15, 0.2) is 11.5 Å². The van der Waals surface area contributed by atoms with Crippen molar-refractivity contribution in [2.75, 3.05) is 47.5 Å². The lowest BCUT2D eigenvalue weighted by molar-refractivity contribution is 0.299. The number of likely N-dealkylation sites (tertiary alicyclic amines) is 1. The standard InChI is InChI=1S/C16H24N2O3/c1-19-14-4-11(5-15(20-2)16(14)21-3)8-18-9-12-6-17-7-13(12)10-18/h4-5,12-13,17H,6-10H2,1-3H3/t12-,13+. The van der Waals surface area contributed by atoms with Gasteiger partial charge in [-0.3, -0.25) is 4.90 Å². The first kappa shape index (κ1) is 14.5. The number of rotatable bonds is 5. The van der Waals surface area contributed by atoms with Crippen molar-refractivity contribution in [2.45, 2.75) is 6.54 Å². The number of nitrogens with zero attached hydrogens (tertiary/aromatic N) is 1. The largest absolute Gasteiger partial charge is 0.493 e. The van der Waals surface area contributed by atoms with Crippen molar-refractivity contribution in [3.63, 3.8) is 0 Å². The predicted molar refractivity (Wildman–Crippen MR) is 81.2 cm³/mol. The third-order valence-electron chi connectivity index (χ3n) is 4.60. The molecule has 116 valence electrons. The molecular weight excluding hydrogens is 268 g/mol. The SMILES string of the molecule is COc1cc(CN2C[C@H]3CNC[C@H]3C2)cc(OC)c1OC. The Morgan fingerprint density at radius 3 is 2.05 bits per heavy atom. The molecule has 0 radical (unpaired) electrons. The molecule has 2 heterocycles. The second kappa shape index (κ2) is 6.12. The normalized spacial score (nSPS) is 24.9. The number of hydrogen-bond donors (Lipinski definition) is 1. The molecule has 2 aliphatic rings. The van der Waals surface area contributed by atoms with Gasteiger partial charge < -0.3 is 19.5 Å². The fourth-order valence-electron chi connectivity index (χ4n) is 3.57. The molecule has 0 spiro atoms. The van der Waals surface area contributed by atoms with Crippen molar-refractivity contribution in [1.29, 1.82) is 0 Å². The Balaban J connectivity index is 1.76. The van der Waals surface area contributed by atoms with Gasteiger partial charge in [-0.1, -0.05) is 0 Å². The van der Waals surface area contributed by atoms with E-state index in [2.05, 4.69) is 10.2 Å². The fraction of sp³-hybridized carbons (Fsp3) is 0.625. The van der Waals surface area contributed by atoms with Crippen molar-refractivity contribution in [3.05, 3.63) is 17.7 Å². The third-order valence-corrected chi connectivity index (χ3v) is 4.60. The van der Waals surface area contributed by atoms with Crippen LogP contribution in [0.25, 0.3) is 0 Å². The minimum absolute atomic E-state index is 0.659. The molecule has 2 fully saturated rings. The quantitative estimate of drug-likeness (QED) is 0.888. The van der Waals surface area contributed by atoms with Gasteiger partial charge in [0, 0.05) is 19.6 Å². The maximum absolute atomic E-state index is 5.42. The summed E-state index contributed by atoms with van der Waals surface area (Å²) < 4.78 is 16.2. The van der Waals surface area contributed by atoms with Crippen molar-refractivity contribution in [3.8, 4) is 17.2 Å². The van der Waals surface area contributed by atoms with Crippen LogP contribution in [0.5, 0.6) is 17.2 Å². The predicted octanol–water partition coefficient (Wildman–Crippen LogP) is 1.36. The summed E-state index contributed by atoms with van der Waals surface area (Å²) in [6, 6.07) is 4.10. The van der Waals surface area contributed by atoms with E-state index in [9.17, 15) is 0 Å². The zero-order valence-electron chi connectivity index (χ0n) is 13.0. The van der Waals surface area contributed by atoms with Gasteiger partial charge in [0.2, 0.25) is 5.75 Å². The van der Waals surface area contributed by atoms with Crippen LogP contribution < -0.4 is 19.5 Å². The van der Waals surface area contributed by atoms with Crippen LogP contribution in [0.15, 0.2) is 12.1 Å². The Bertz CT molecular complexity index is 469. The highest BCUT2D eigenvalue weighted by molar-refractivity contribution is 5.53. The first-order valence-electron chi connectivity index (χ1n) is 7.47. The highest BCUT2D eigenvalue weighted by Gasteiger charge is 2.35. The van der Waals surface area contributed by atoms with Crippen LogP contribution in [0.4, 0.5) is 0 Å². The van der Waals surface area contributed by atoms with Crippen LogP contribution in [-0.4, -0.2) is 52.4 Å². The molecule has 1 aromatic rings. The van der Waals surface area contributed by atoms with E-state index in [4.69, 9.17) is 14.2 Å². The van der Waals surface area contributed by atoms with Crippen LogP contribution in [0.1, 0.15) is 5.56 Å². The Kier molecular flexibility index (Phi) is 4.22. The van der Waals surface area contributed by atoms with Crippen LogP contribution in [0, 0.1) is 11.8 Å². The van der Waals surface area contributed by atoms with Gasteiger partial charge in [-0.05, 0) is 42.6 Å². The lowest BCUT2D eigenvalue weighted by Crippen LogP contribution is -2.25. The Labute approximate surface area is 126 Å². The van der Waals surface area contributed by atoms with E-state index in [0.29, 0.717) is 5.75 Å². The van der Waals surface area contributed by atoms with Crippen molar-refractivity contribution < 1.29 is 14.2 Å². The van der Waals surface area contributed by atoms with Gasteiger partial charge in [-0.15, -0.1) is 0 Å². The third kappa shape index (κ3) is 2.80. The molecular formula is C16H24N2O3. The van der Waals surface area contributed by atoms with Crippen molar-refractivity contribution in [2.24, 2.45) is 11.8 Å². The lowest BCUT2D eigenvalue weighted by Gasteiger charge is -2.19. The monoisotopic (exact) mass is 292 g/mol. The molecule has 0 aliphatic carbocycles. The van der Waals surface area contributed by atoms with E-state index in [1.165, 1.54) is 18.7 Å². The van der Waals surface area contributed by atoms with E-state index in [1.807, 2.05) is 12.1 Å². The van der Waals surface area contributed by atoms with Crippen LogP contribution in [-0.2, 0) is 6.54 Å². The summed E-state index contributed by atoms with van der Waals surface area (Å²) in [5.41, 5.74) is 1.21. The molecule has 5 heteroatoms. The highest BCUT2D eigenvalue weighted by Crippen LogP contribution is 2.39. The molecule has 0 amide bonds. The van der Waals surface area contributed by atoms with E-state index in [0.717, 1.165) is 43.0 Å². The van der Waals surface area contributed by atoms with E-state index >= 15 is 0 Å². The lowest BCUT2D eigenvalue weighted by atomic mass is 10.0. The first-order chi connectivity index (χ1) is 10.2. The Morgan fingerprint density at radius 1 is 1.00 bits per heavy atom. The zero-order valence-corrected chi connectivity index (χ0v) is 13.0. The Hall–Kier alpha value is -1.46. The minimum atomic E-state index is 0.659. The van der Waals surface area contributed by atoms with E-state index in [-0.39, 0.29) is 0 Å². The molecule has 1 aromatic carbocycles. The van der Waals surface area contributed by atoms with Crippen LogP contribution in [0.2, 0.25) is 0 Å². The molecule has 2 saturated heterocycles. The zero-order chi connectivity index (χ0) is 14.8. The second-order valence-electron chi connectivity index (χ2n) is 5.91. The molecule has 0 aromatic heterocycles. The highest BCUT2D eigenvalue weighted by atomic mass is 16.5. The topological polar surface area (TPSA) is 43.0 Å². The van der Waals surface area contributed by atoms with Gasteiger partial charge in [-0.25, -0.2) is 0 Å². The maximum Gasteiger partial charge on any atom is 0.203 e. The molecule has 21 heavy (non-hydrogen) atoms. The number of fused-ring (bicyclic) bond motifs is 1. The molecule has 2 aliphatic heterocycles. The Morgan fingerprint density at radius 2 is 1.57 bits per heavy atom. The molecule has 2 atom stereocenters. The molecule has 5 nitrogen and oxygen atoms in total. The van der Waals surface area contributed by atoms with Crippen molar-refractivity contribution in [1.82, 2.24) is 10.2 Å². The average molecular weight is 292 g/mol. The van der Waals surface area contributed by atoms with Gasteiger partial charge in [0.25, 0.3) is 0 Å². The molecule has 0 unspecified atom stereocenters. The number of benzene rings is 1. The fourth-order valence-corrected chi connectivity index (χ4v) is 3.57. The van der Waals surface area contributed by atoms with E-state index < -0.39 is 0 Å². The summed E-state index contributed by atoms with van der Waals surface area (Å²) in [5.74, 6) is 3.74. The van der Waals surface area contributed by atoms with Gasteiger partial charge in [0.05, 0.1) is 21.3 Å². The molecule has 3 rings (SSSR count). The smallest absolute Gasteiger partial charge is 0.203 e. The number of nitrogens with one attached hydrogen (secondary N) is 1. The number of hydrogen-bond acceptors (Lipinski definition) is 5. The molecule has 0 bridgehead atoms. The molecule has 1 N–H and O–H groups in total. The van der Waals surface area contributed by atoms with E-state index in [1.54, 1.807) is 21.3 Å². The summed E-state index contributed by atoms with van der Waals surface area (Å²) >= 11 is 0.